The number of benzene rings is 1. The largest absolute Gasteiger partial charge is 0.372 e. The molecule has 27 heavy (non-hydrogen) atoms. The van der Waals surface area contributed by atoms with E-state index in [9.17, 15) is 8.42 Å². The average Bonchev–Trinajstić information content (AvgIpc) is 2.64. The average molecular weight is 390 g/mol. The van der Waals surface area contributed by atoms with Gasteiger partial charge in [0.15, 0.2) is 11.6 Å². The normalized spacial score (nSPS) is 15.6. The Kier molecular flexibility index (Phi) is 6.15. The van der Waals surface area contributed by atoms with Gasteiger partial charge >= 0.3 is 0 Å². The molecule has 7 nitrogen and oxygen atoms in total. The molecule has 0 bridgehead atoms. The fourth-order valence-corrected chi connectivity index (χ4v) is 4.17. The van der Waals surface area contributed by atoms with Crippen molar-refractivity contribution in [2.24, 2.45) is 5.92 Å². The molecular weight excluding hydrogens is 362 g/mol. The van der Waals surface area contributed by atoms with E-state index in [1.165, 1.54) is 18.5 Å². The highest BCUT2D eigenvalue weighted by molar-refractivity contribution is 7.92. The van der Waals surface area contributed by atoms with Gasteiger partial charge in [0.05, 0.1) is 5.75 Å². The molecular formula is C19H27N5O2S. The van der Waals surface area contributed by atoms with Gasteiger partial charge in [0.25, 0.3) is 0 Å². The fraction of sp³-hybridized carbons (Fsp3) is 0.474. The van der Waals surface area contributed by atoms with E-state index in [2.05, 4.69) is 44.2 Å². The summed E-state index contributed by atoms with van der Waals surface area (Å²) >= 11 is 0. The smallest absolute Gasteiger partial charge is 0.233 e. The van der Waals surface area contributed by atoms with Crippen LogP contribution in [-0.4, -0.2) is 37.5 Å². The van der Waals surface area contributed by atoms with Crippen molar-refractivity contribution in [1.29, 1.82) is 0 Å². The second-order valence-corrected chi connectivity index (χ2v) is 8.91. The molecule has 2 heterocycles. The van der Waals surface area contributed by atoms with Gasteiger partial charge in [-0.05, 0) is 61.6 Å². The summed E-state index contributed by atoms with van der Waals surface area (Å²) in [5.41, 5.74) is 2.15. The molecule has 0 spiro atoms. The zero-order chi connectivity index (χ0) is 19.3. The van der Waals surface area contributed by atoms with Gasteiger partial charge in [0.1, 0.15) is 0 Å². The molecule has 1 fully saturated rings. The summed E-state index contributed by atoms with van der Waals surface area (Å²) in [7, 11) is -3.35. The Bertz CT molecular complexity index is 829. The van der Waals surface area contributed by atoms with E-state index in [1.807, 2.05) is 19.1 Å². The van der Waals surface area contributed by atoms with E-state index in [4.69, 9.17) is 0 Å². The minimum atomic E-state index is -3.35. The van der Waals surface area contributed by atoms with Crippen molar-refractivity contribution >= 4 is 33.0 Å². The summed E-state index contributed by atoms with van der Waals surface area (Å²) in [6.45, 7) is 6.34. The lowest BCUT2D eigenvalue weighted by Gasteiger charge is -2.32. The van der Waals surface area contributed by atoms with E-state index in [0.29, 0.717) is 12.2 Å². The first kappa shape index (κ1) is 19.4. The molecule has 2 N–H and O–H groups in total. The van der Waals surface area contributed by atoms with Crippen molar-refractivity contribution in [3.63, 3.8) is 0 Å². The number of hydrogen-bond acceptors (Lipinski definition) is 6. The molecule has 0 amide bonds. The van der Waals surface area contributed by atoms with Crippen LogP contribution in [0, 0.1) is 5.92 Å². The Labute approximate surface area is 161 Å². The highest BCUT2D eigenvalue weighted by Crippen LogP contribution is 2.25. The molecule has 8 heteroatoms. The van der Waals surface area contributed by atoms with Crippen molar-refractivity contribution in [1.82, 2.24) is 10.2 Å². The van der Waals surface area contributed by atoms with Gasteiger partial charge < -0.3 is 10.2 Å². The highest BCUT2D eigenvalue weighted by Gasteiger charge is 2.16. The van der Waals surface area contributed by atoms with Crippen LogP contribution in [0.25, 0.3) is 0 Å². The summed E-state index contributed by atoms with van der Waals surface area (Å²) in [6, 6.07) is 11.6. The molecule has 3 rings (SSSR count). The first-order chi connectivity index (χ1) is 12.9. The number of hydrogen-bond donors (Lipinski definition) is 2. The minimum absolute atomic E-state index is 0.0664. The number of rotatable bonds is 7. The van der Waals surface area contributed by atoms with Crippen LogP contribution in [0.3, 0.4) is 0 Å². The third kappa shape index (κ3) is 5.56. The molecule has 0 aliphatic carbocycles. The molecule has 0 saturated carbocycles. The number of anilines is 4. The van der Waals surface area contributed by atoms with Gasteiger partial charge in [0, 0.05) is 24.5 Å². The molecule has 146 valence electrons. The molecule has 2 aromatic rings. The van der Waals surface area contributed by atoms with Crippen molar-refractivity contribution in [2.45, 2.75) is 33.1 Å². The third-order valence-corrected chi connectivity index (χ3v) is 6.15. The lowest BCUT2D eigenvalue weighted by atomic mass is 9.99. The van der Waals surface area contributed by atoms with Crippen LogP contribution in [0.5, 0.6) is 0 Å². The van der Waals surface area contributed by atoms with E-state index >= 15 is 0 Å². The number of nitrogens with zero attached hydrogens (tertiary/aromatic N) is 3. The van der Waals surface area contributed by atoms with Gasteiger partial charge in [-0.25, -0.2) is 8.42 Å². The van der Waals surface area contributed by atoms with Crippen LogP contribution in [0.1, 0.15) is 33.1 Å². The Balaban J connectivity index is 1.59. The van der Waals surface area contributed by atoms with Gasteiger partial charge in [-0.15, -0.1) is 10.2 Å². The maximum atomic E-state index is 11.8. The Morgan fingerprint density at radius 3 is 2.26 bits per heavy atom. The van der Waals surface area contributed by atoms with E-state index < -0.39 is 10.0 Å². The summed E-state index contributed by atoms with van der Waals surface area (Å²) in [5.74, 6) is 1.67. The molecule has 1 aliphatic rings. The van der Waals surface area contributed by atoms with Crippen LogP contribution in [-0.2, 0) is 10.0 Å². The number of sulfonamides is 1. The summed E-state index contributed by atoms with van der Waals surface area (Å²) in [6.07, 6.45) is 3.03. The highest BCUT2D eigenvalue weighted by atomic mass is 32.2. The van der Waals surface area contributed by atoms with Gasteiger partial charge in [-0.1, -0.05) is 13.8 Å². The zero-order valence-electron chi connectivity index (χ0n) is 15.9. The summed E-state index contributed by atoms with van der Waals surface area (Å²) in [5, 5.41) is 11.2. The Hall–Kier alpha value is -2.35. The first-order valence-electron chi connectivity index (χ1n) is 9.41. The third-order valence-electron chi connectivity index (χ3n) is 4.69. The Morgan fingerprint density at radius 1 is 1.04 bits per heavy atom. The van der Waals surface area contributed by atoms with Crippen LogP contribution in [0.15, 0.2) is 36.4 Å². The molecule has 1 aromatic heterocycles. The van der Waals surface area contributed by atoms with E-state index in [0.717, 1.165) is 24.7 Å². The van der Waals surface area contributed by atoms with E-state index in [1.54, 1.807) is 12.1 Å². The predicted molar refractivity (Wildman–Crippen MR) is 110 cm³/mol. The quantitative estimate of drug-likeness (QED) is 0.752. The summed E-state index contributed by atoms with van der Waals surface area (Å²) in [4.78, 5) is 2.42. The van der Waals surface area contributed by atoms with E-state index in [-0.39, 0.29) is 11.6 Å². The van der Waals surface area contributed by atoms with Crippen molar-refractivity contribution < 1.29 is 8.42 Å². The predicted octanol–water partition coefficient (Wildman–Crippen LogP) is 3.61. The number of aromatic nitrogens is 2. The molecule has 1 aromatic carbocycles. The van der Waals surface area contributed by atoms with Gasteiger partial charge in [0.2, 0.25) is 10.0 Å². The first-order valence-corrected chi connectivity index (χ1v) is 11.1. The minimum Gasteiger partial charge on any atom is -0.372 e. The Morgan fingerprint density at radius 2 is 1.67 bits per heavy atom. The second kappa shape index (κ2) is 8.56. The second-order valence-electron chi connectivity index (χ2n) is 7.07. The van der Waals surface area contributed by atoms with Gasteiger partial charge in [-0.2, -0.15) is 0 Å². The van der Waals surface area contributed by atoms with Crippen molar-refractivity contribution in [3.8, 4) is 0 Å². The zero-order valence-corrected chi connectivity index (χ0v) is 16.7. The molecule has 1 aliphatic heterocycles. The molecule has 0 atom stereocenters. The molecule has 0 radical (unpaired) electrons. The lowest BCUT2D eigenvalue weighted by molar-refractivity contribution is 0.438. The van der Waals surface area contributed by atoms with Crippen molar-refractivity contribution in [2.75, 3.05) is 33.8 Å². The van der Waals surface area contributed by atoms with Crippen LogP contribution >= 0.6 is 0 Å². The topological polar surface area (TPSA) is 87.2 Å². The van der Waals surface area contributed by atoms with Crippen LogP contribution in [0.4, 0.5) is 23.0 Å². The monoisotopic (exact) mass is 389 g/mol. The fourth-order valence-electron chi connectivity index (χ4n) is 3.10. The number of nitrogens with one attached hydrogen (secondary N) is 2. The summed E-state index contributed by atoms with van der Waals surface area (Å²) < 4.78 is 25.9. The van der Waals surface area contributed by atoms with Crippen molar-refractivity contribution in [3.05, 3.63) is 36.4 Å². The van der Waals surface area contributed by atoms with Gasteiger partial charge in [-0.3, -0.25) is 4.72 Å². The SMILES string of the molecule is CCCS(=O)(=O)Nc1ccc(Nc2ccc(N3CCC(C)CC3)cc2)nn1. The molecule has 0 unspecified atom stereocenters. The maximum Gasteiger partial charge on any atom is 0.233 e. The molecule has 1 saturated heterocycles. The van der Waals surface area contributed by atoms with Crippen LogP contribution < -0.4 is 14.9 Å². The maximum absolute atomic E-state index is 11.8. The number of piperidine rings is 1. The van der Waals surface area contributed by atoms with Crippen LogP contribution in [0.2, 0.25) is 0 Å². The lowest BCUT2D eigenvalue weighted by Crippen LogP contribution is -2.32. The standard InChI is InChI=1S/C19H27N5O2S/c1-3-14-27(25,26)23-19-9-8-18(21-22-19)20-16-4-6-17(7-5-16)24-12-10-15(2)11-13-24/h4-9,15H,3,10-14H2,1-2H3,(H,20,21)(H,22,23).